The van der Waals surface area contributed by atoms with E-state index in [1.807, 2.05) is 13.8 Å². The molecule has 0 spiro atoms. The summed E-state index contributed by atoms with van der Waals surface area (Å²) in [5.41, 5.74) is 5.73. The van der Waals surface area contributed by atoms with Gasteiger partial charge in [-0.15, -0.1) is 0 Å². The lowest BCUT2D eigenvalue weighted by Gasteiger charge is -2.32. The molecule has 94 valence electrons. The van der Waals surface area contributed by atoms with E-state index in [9.17, 15) is 4.79 Å². The first-order valence-electron chi connectivity index (χ1n) is 6.09. The van der Waals surface area contributed by atoms with Crippen molar-refractivity contribution in [3.05, 3.63) is 0 Å². The summed E-state index contributed by atoms with van der Waals surface area (Å²) in [4.78, 5) is 10.9. The highest BCUT2D eigenvalue weighted by Gasteiger charge is 2.35. The van der Waals surface area contributed by atoms with Gasteiger partial charge in [0.05, 0.1) is 0 Å². The van der Waals surface area contributed by atoms with Crippen molar-refractivity contribution in [3.63, 3.8) is 0 Å². The zero-order valence-electron chi connectivity index (χ0n) is 10.2. The number of carboxylic acids is 1. The maximum atomic E-state index is 10.9. The molecule has 1 fully saturated rings. The summed E-state index contributed by atoms with van der Waals surface area (Å²) in [6.07, 6.45) is 7.61. The van der Waals surface area contributed by atoms with Gasteiger partial charge in [0, 0.05) is 10.00 Å². The van der Waals surface area contributed by atoms with Crippen LogP contribution in [0.2, 0.25) is 0 Å². The molecule has 0 aromatic heterocycles. The van der Waals surface area contributed by atoms with Crippen LogP contribution in [0, 0.1) is 0 Å². The molecule has 1 aliphatic rings. The lowest BCUT2D eigenvalue weighted by molar-refractivity contribution is -0.139. The third-order valence-electron chi connectivity index (χ3n) is 3.29. The van der Waals surface area contributed by atoms with Gasteiger partial charge in [-0.2, -0.15) is 11.8 Å². The Balaban J connectivity index is 2.52. The molecule has 4 heteroatoms. The van der Waals surface area contributed by atoms with Crippen LogP contribution in [0.3, 0.4) is 0 Å². The zero-order chi connectivity index (χ0) is 12.2. The van der Waals surface area contributed by atoms with Gasteiger partial charge in [0.2, 0.25) is 0 Å². The SMILES string of the molecule is CC(C)(SC1CCCCCC1)[C@H](N)C(=O)O. The Morgan fingerprint density at radius 2 is 1.81 bits per heavy atom. The summed E-state index contributed by atoms with van der Waals surface area (Å²) in [6, 6.07) is -0.777. The second-order valence-electron chi connectivity index (χ2n) is 5.15. The summed E-state index contributed by atoms with van der Waals surface area (Å²) >= 11 is 1.77. The molecule has 3 nitrogen and oxygen atoms in total. The van der Waals surface area contributed by atoms with E-state index in [-0.39, 0.29) is 4.75 Å². The molecule has 1 aliphatic carbocycles. The summed E-state index contributed by atoms with van der Waals surface area (Å²) in [6.45, 7) is 3.89. The molecule has 1 rings (SSSR count). The number of hydrogen-bond donors (Lipinski definition) is 2. The molecule has 0 aromatic rings. The highest BCUT2D eigenvalue weighted by atomic mass is 32.2. The molecule has 0 saturated heterocycles. The van der Waals surface area contributed by atoms with Crippen molar-refractivity contribution >= 4 is 17.7 Å². The Kier molecular flexibility index (Phi) is 5.12. The number of nitrogens with two attached hydrogens (primary N) is 1. The van der Waals surface area contributed by atoms with Gasteiger partial charge in [0.25, 0.3) is 0 Å². The Labute approximate surface area is 102 Å². The minimum absolute atomic E-state index is 0.374. The summed E-state index contributed by atoms with van der Waals surface area (Å²) in [5.74, 6) is -0.897. The van der Waals surface area contributed by atoms with E-state index in [0.29, 0.717) is 5.25 Å². The molecule has 0 unspecified atom stereocenters. The van der Waals surface area contributed by atoms with Crippen LogP contribution >= 0.6 is 11.8 Å². The molecule has 0 aromatic carbocycles. The second-order valence-corrected chi connectivity index (χ2v) is 7.11. The number of carboxylic acid groups (broad SMARTS) is 1. The fourth-order valence-electron chi connectivity index (χ4n) is 2.16. The third-order valence-corrected chi connectivity index (χ3v) is 4.95. The van der Waals surface area contributed by atoms with Crippen molar-refractivity contribution in [1.29, 1.82) is 0 Å². The van der Waals surface area contributed by atoms with E-state index in [1.54, 1.807) is 11.8 Å². The molecular weight excluding hydrogens is 222 g/mol. The first-order chi connectivity index (χ1) is 7.43. The Morgan fingerprint density at radius 3 is 2.25 bits per heavy atom. The summed E-state index contributed by atoms with van der Waals surface area (Å²) in [5, 5.41) is 9.55. The molecule has 1 atom stereocenters. The van der Waals surface area contributed by atoms with Gasteiger partial charge in [-0.3, -0.25) is 4.79 Å². The van der Waals surface area contributed by atoms with Crippen molar-refractivity contribution in [3.8, 4) is 0 Å². The first kappa shape index (κ1) is 13.8. The van der Waals surface area contributed by atoms with Crippen molar-refractivity contribution < 1.29 is 9.90 Å². The standard InChI is InChI=1S/C12H23NO2S/c1-12(2,10(13)11(14)15)16-9-7-5-3-4-6-8-9/h9-10H,3-8,13H2,1-2H3,(H,14,15)/t10-/m1/s1. The van der Waals surface area contributed by atoms with E-state index >= 15 is 0 Å². The van der Waals surface area contributed by atoms with Gasteiger partial charge >= 0.3 is 5.97 Å². The molecule has 0 bridgehead atoms. The quantitative estimate of drug-likeness (QED) is 0.747. The molecular formula is C12H23NO2S. The average molecular weight is 245 g/mol. The minimum Gasteiger partial charge on any atom is -0.480 e. The van der Waals surface area contributed by atoms with E-state index in [2.05, 4.69) is 0 Å². The summed E-state index contributed by atoms with van der Waals surface area (Å²) < 4.78 is -0.374. The number of thioether (sulfide) groups is 1. The van der Waals surface area contributed by atoms with E-state index in [0.717, 1.165) is 0 Å². The van der Waals surface area contributed by atoms with Gasteiger partial charge in [0.1, 0.15) is 6.04 Å². The predicted octanol–water partition coefficient (Wildman–Crippen LogP) is 2.63. The van der Waals surface area contributed by atoms with Crippen LogP contribution in [0.4, 0.5) is 0 Å². The van der Waals surface area contributed by atoms with Crippen molar-refractivity contribution in [1.82, 2.24) is 0 Å². The fourth-order valence-corrected chi connectivity index (χ4v) is 3.84. The second kappa shape index (κ2) is 5.92. The Bertz CT molecular complexity index is 235. The lowest BCUT2D eigenvalue weighted by atomic mass is 10.1. The maximum Gasteiger partial charge on any atom is 0.321 e. The van der Waals surface area contributed by atoms with Crippen LogP contribution in [0.15, 0.2) is 0 Å². The fraction of sp³-hybridized carbons (Fsp3) is 0.917. The smallest absolute Gasteiger partial charge is 0.321 e. The van der Waals surface area contributed by atoms with Crippen LogP contribution in [-0.2, 0) is 4.79 Å². The molecule has 0 heterocycles. The molecule has 1 saturated carbocycles. The van der Waals surface area contributed by atoms with Crippen LogP contribution in [0.5, 0.6) is 0 Å². The van der Waals surface area contributed by atoms with Crippen molar-refractivity contribution in [2.45, 2.75) is 68.4 Å². The summed E-state index contributed by atoms with van der Waals surface area (Å²) in [7, 11) is 0. The van der Waals surface area contributed by atoms with Gasteiger partial charge < -0.3 is 10.8 Å². The Hall–Kier alpha value is -0.220. The van der Waals surface area contributed by atoms with Crippen LogP contribution < -0.4 is 5.73 Å². The predicted molar refractivity (Wildman–Crippen MR) is 68.8 cm³/mol. The lowest BCUT2D eigenvalue weighted by Crippen LogP contribution is -2.47. The highest BCUT2D eigenvalue weighted by Crippen LogP contribution is 2.37. The Morgan fingerprint density at radius 1 is 1.31 bits per heavy atom. The van der Waals surface area contributed by atoms with Gasteiger partial charge in [-0.25, -0.2) is 0 Å². The van der Waals surface area contributed by atoms with E-state index < -0.39 is 12.0 Å². The van der Waals surface area contributed by atoms with Crippen molar-refractivity contribution in [2.24, 2.45) is 5.73 Å². The molecule has 0 amide bonds. The topological polar surface area (TPSA) is 63.3 Å². The van der Waals surface area contributed by atoms with Gasteiger partial charge in [-0.1, -0.05) is 25.7 Å². The average Bonchev–Trinajstić information content (AvgIpc) is 2.44. The van der Waals surface area contributed by atoms with Crippen molar-refractivity contribution in [2.75, 3.05) is 0 Å². The molecule has 3 N–H and O–H groups in total. The zero-order valence-corrected chi connectivity index (χ0v) is 11.1. The molecule has 0 aliphatic heterocycles. The van der Waals surface area contributed by atoms with Crippen LogP contribution in [0.25, 0.3) is 0 Å². The van der Waals surface area contributed by atoms with E-state index in [1.165, 1.54) is 38.5 Å². The number of aliphatic carboxylic acids is 1. The first-order valence-corrected chi connectivity index (χ1v) is 6.97. The number of hydrogen-bond acceptors (Lipinski definition) is 3. The minimum atomic E-state index is -0.897. The maximum absolute atomic E-state index is 10.9. The number of carbonyl (C=O) groups is 1. The van der Waals surface area contributed by atoms with E-state index in [4.69, 9.17) is 10.8 Å². The third kappa shape index (κ3) is 3.98. The van der Waals surface area contributed by atoms with Crippen LogP contribution in [-0.4, -0.2) is 27.1 Å². The normalized spacial score (nSPS) is 21.4. The van der Waals surface area contributed by atoms with Gasteiger partial charge in [-0.05, 0) is 26.7 Å². The number of rotatable bonds is 4. The highest BCUT2D eigenvalue weighted by molar-refractivity contribution is 8.01. The van der Waals surface area contributed by atoms with Crippen LogP contribution in [0.1, 0.15) is 52.4 Å². The van der Waals surface area contributed by atoms with Gasteiger partial charge in [0.15, 0.2) is 0 Å². The molecule has 16 heavy (non-hydrogen) atoms. The largest absolute Gasteiger partial charge is 0.480 e. The monoisotopic (exact) mass is 245 g/mol. The molecule has 0 radical (unpaired) electrons.